The normalized spacial score (nSPS) is 14.7. The molecule has 0 bridgehead atoms. The summed E-state index contributed by atoms with van der Waals surface area (Å²) in [5, 5.41) is 14.1. The van der Waals surface area contributed by atoms with E-state index in [9.17, 15) is 27.9 Å². The number of rotatable bonds is 6. The number of carboxylic acid groups (broad SMARTS) is 1. The third-order valence-electron chi connectivity index (χ3n) is 6.02. The van der Waals surface area contributed by atoms with Crippen molar-refractivity contribution in [2.45, 2.75) is 44.8 Å². The molecule has 0 atom stereocenters. The van der Waals surface area contributed by atoms with Crippen LogP contribution in [0.2, 0.25) is 0 Å². The number of thiophene rings is 1. The highest BCUT2D eigenvalue weighted by Gasteiger charge is 2.46. The van der Waals surface area contributed by atoms with Gasteiger partial charge in [0.15, 0.2) is 0 Å². The quantitative estimate of drug-likeness (QED) is 0.563. The Kier molecular flexibility index (Phi) is 5.82. The number of aryl methyl sites for hydroxylation is 2. The summed E-state index contributed by atoms with van der Waals surface area (Å²) in [6.45, 7) is 3.69. The standard InChI is InChI=1S/C25H22F3NO3S/c1-14-20(13-16-4-3-5-19(12-16)25(26,27)28)21(15(2)33-14)22(30)29-24(10-11-24)18-8-6-17(7-9-18)23(31)32/h3-9,12H,10-11,13H2,1-2H3,(H,29,30)(H,31,32)/p-1. The van der Waals surface area contributed by atoms with E-state index in [-0.39, 0.29) is 17.9 Å². The molecule has 8 heteroatoms. The lowest BCUT2D eigenvalue weighted by molar-refractivity contribution is -0.255. The number of halogens is 3. The molecule has 1 fully saturated rings. The molecular weight excluding hydrogens is 451 g/mol. The summed E-state index contributed by atoms with van der Waals surface area (Å²) in [4.78, 5) is 26.0. The van der Waals surface area contributed by atoms with Crippen molar-refractivity contribution in [2.75, 3.05) is 0 Å². The van der Waals surface area contributed by atoms with E-state index in [2.05, 4.69) is 5.32 Å². The molecule has 1 aliphatic rings. The minimum atomic E-state index is -4.43. The van der Waals surface area contributed by atoms with Crippen LogP contribution in [0.4, 0.5) is 13.2 Å². The van der Waals surface area contributed by atoms with Crippen LogP contribution in [0.15, 0.2) is 48.5 Å². The second-order valence-electron chi connectivity index (χ2n) is 8.34. The highest BCUT2D eigenvalue weighted by molar-refractivity contribution is 7.12. The first-order valence-corrected chi connectivity index (χ1v) is 11.2. The van der Waals surface area contributed by atoms with Crippen molar-refractivity contribution in [3.63, 3.8) is 0 Å². The smallest absolute Gasteiger partial charge is 0.416 e. The number of carbonyl (C=O) groups is 2. The van der Waals surface area contributed by atoms with Gasteiger partial charge >= 0.3 is 6.18 Å². The summed E-state index contributed by atoms with van der Waals surface area (Å²) in [6, 6.07) is 11.4. The first-order valence-electron chi connectivity index (χ1n) is 10.4. The molecule has 3 aromatic rings. The molecule has 1 saturated carbocycles. The maximum Gasteiger partial charge on any atom is 0.416 e. The van der Waals surface area contributed by atoms with Gasteiger partial charge in [-0.1, -0.05) is 42.5 Å². The number of aromatic carboxylic acids is 1. The molecule has 1 aliphatic carbocycles. The van der Waals surface area contributed by atoms with E-state index in [4.69, 9.17) is 0 Å². The number of nitrogens with one attached hydrogen (secondary N) is 1. The molecular formula is C25H21F3NO3S-. The third kappa shape index (κ3) is 4.66. The van der Waals surface area contributed by atoms with E-state index in [0.717, 1.165) is 33.0 Å². The molecule has 33 heavy (non-hydrogen) atoms. The molecule has 0 radical (unpaired) electrons. The Morgan fingerprint density at radius 3 is 2.30 bits per heavy atom. The van der Waals surface area contributed by atoms with Gasteiger partial charge in [-0.3, -0.25) is 4.79 Å². The van der Waals surface area contributed by atoms with Gasteiger partial charge in [-0.15, -0.1) is 11.3 Å². The van der Waals surface area contributed by atoms with Gasteiger partial charge in [-0.2, -0.15) is 13.2 Å². The van der Waals surface area contributed by atoms with Gasteiger partial charge in [-0.05, 0) is 61.4 Å². The van der Waals surface area contributed by atoms with Crippen LogP contribution in [-0.4, -0.2) is 11.9 Å². The molecule has 0 aliphatic heterocycles. The van der Waals surface area contributed by atoms with E-state index in [0.29, 0.717) is 24.0 Å². The summed E-state index contributed by atoms with van der Waals surface area (Å²) in [6.07, 6.45) is -2.78. The highest BCUT2D eigenvalue weighted by atomic mass is 32.1. The number of carboxylic acids is 1. The van der Waals surface area contributed by atoms with Gasteiger partial charge in [0, 0.05) is 9.75 Å². The lowest BCUT2D eigenvalue weighted by Crippen LogP contribution is -2.35. The lowest BCUT2D eigenvalue weighted by atomic mass is 9.97. The predicted molar refractivity (Wildman–Crippen MR) is 117 cm³/mol. The van der Waals surface area contributed by atoms with Gasteiger partial charge in [0.1, 0.15) is 0 Å². The minimum Gasteiger partial charge on any atom is -0.545 e. The summed E-state index contributed by atoms with van der Waals surface area (Å²) in [7, 11) is 0. The van der Waals surface area contributed by atoms with Crippen molar-refractivity contribution in [3.8, 4) is 0 Å². The number of hydrogen-bond acceptors (Lipinski definition) is 4. The van der Waals surface area contributed by atoms with Crippen LogP contribution in [0, 0.1) is 13.8 Å². The first-order chi connectivity index (χ1) is 15.5. The average Bonchev–Trinajstić information content (AvgIpc) is 3.47. The van der Waals surface area contributed by atoms with E-state index >= 15 is 0 Å². The maximum atomic E-state index is 13.3. The van der Waals surface area contributed by atoms with Crippen LogP contribution in [0.1, 0.15) is 65.6 Å². The van der Waals surface area contributed by atoms with E-state index in [1.807, 2.05) is 13.8 Å². The Morgan fingerprint density at radius 2 is 1.73 bits per heavy atom. The maximum absolute atomic E-state index is 13.3. The zero-order valence-corrected chi connectivity index (χ0v) is 18.8. The largest absolute Gasteiger partial charge is 0.545 e. The van der Waals surface area contributed by atoms with E-state index in [1.54, 1.807) is 18.2 Å². The Labute approximate surface area is 193 Å². The van der Waals surface area contributed by atoms with Gasteiger partial charge in [0.05, 0.1) is 22.6 Å². The van der Waals surface area contributed by atoms with Crippen molar-refractivity contribution in [3.05, 3.63) is 91.7 Å². The monoisotopic (exact) mass is 472 g/mol. The van der Waals surface area contributed by atoms with Gasteiger partial charge in [-0.25, -0.2) is 0 Å². The van der Waals surface area contributed by atoms with Crippen molar-refractivity contribution in [1.82, 2.24) is 5.32 Å². The predicted octanol–water partition coefficient (Wildman–Crippen LogP) is 4.76. The van der Waals surface area contributed by atoms with Crippen molar-refractivity contribution in [2.24, 2.45) is 0 Å². The number of alkyl halides is 3. The molecule has 1 amide bonds. The summed E-state index contributed by atoms with van der Waals surface area (Å²) >= 11 is 1.45. The van der Waals surface area contributed by atoms with Crippen LogP contribution >= 0.6 is 11.3 Å². The van der Waals surface area contributed by atoms with Crippen molar-refractivity contribution < 1.29 is 27.9 Å². The Morgan fingerprint density at radius 1 is 1.06 bits per heavy atom. The minimum absolute atomic E-state index is 0.0635. The molecule has 0 saturated heterocycles. The number of carbonyl (C=O) groups excluding carboxylic acids is 2. The van der Waals surface area contributed by atoms with E-state index in [1.165, 1.54) is 29.5 Å². The molecule has 1 N–H and O–H groups in total. The van der Waals surface area contributed by atoms with Crippen LogP contribution in [0.25, 0.3) is 0 Å². The van der Waals surface area contributed by atoms with Gasteiger partial charge in [0.25, 0.3) is 5.91 Å². The second-order valence-corrected chi connectivity index (χ2v) is 9.77. The van der Waals surface area contributed by atoms with Crippen LogP contribution in [-0.2, 0) is 18.1 Å². The molecule has 0 spiro atoms. The molecule has 4 nitrogen and oxygen atoms in total. The van der Waals surface area contributed by atoms with Crippen molar-refractivity contribution in [1.29, 1.82) is 0 Å². The van der Waals surface area contributed by atoms with Crippen molar-refractivity contribution >= 4 is 23.2 Å². The van der Waals surface area contributed by atoms with Crippen LogP contribution < -0.4 is 10.4 Å². The molecule has 2 aromatic carbocycles. The number of amides is 1. The second kappa shape index (κ2) is 8.33. The van der Waals surface area contributed by atoms with Gasteiger partial charge in [0.2, 0.25) is 0 Å². The topological polar surface area (TPSA) is 69.2 Å². The Hall–Kier alpha value is -3.13. The number of hydrogen-bond donors (Lipinski definition) is 1. The third-order valence-corrected chi connectivity index (χ3v) is 7.09. The molecule has 172 valence electrons. The van der Waals surface area contributed by atoms with Crippen LogP contribution in [0.3, 0.4) is 0 Å². The highest BCUT2D eigenvalue weighted by Crippen LogP contribution is 2.46. The SMILES string of the molecule is Cc1sc(C)c(C(=O)NC2(c3ccc(C(=O)[O-])cc3)CC2)c1Cc1cccc(C(F)(F)F)c1. The lowest BCUT2D eigenvalue weighted by Gasteiger charge is -2.19. The zero-order valence-electron chi connectivity index (χ0n) is 18.0. The number of benzene rings is 2. The fourth-order valence-electron chi connectivity index (χ4n) is 4.12. The summed E-state index contributed by atoms with van der Waals surface area (Å²) in [5.41, 5.74) is 1.28. The zero-order chi connectivity index (χ0) is 24.0. The Balaban J connectivity index is 1.60. The van der Waals surface area contributed by atoms with Crippen LogP contribution in [0.5, 0.6) is 0 Å². The summed E-state index contributed by atoms with van der Waals surface area (Å²) in [5.74, 6) is -1.54. The molecule has 4 rings (SSSR count). The average molecular weight is 473 g/mol. The molecule has 0 unspecified atom stereocenters. The first kappa shape index (κ1) is 23.0. The Bertz CT molecular complexity index is 1220. The molecule has 1 heterocycles. The van der Waals surface area contributed by atoms with E-state index < -0.39 is 23.2 Å². The van der Waals surface area contributed by atoms with Gasteiger partial charge < -0.3 is 15.2 Å². The molecule has 1 aromatic heterocycles. The fourth-order valence-corrected chi connectivity index (χ4v) is 5.19. The summed E-state index contributed by atoms with van der Waals surface area (Å²) < 4.78 is 39.4. The fraction of sp³-hybridized carbons (Fsp3) is 0.280.